The predicted octanol–water partition coefficient (Wildman–Crippen LogP) is 7.96. The van der Waals surface area contributed by atoms with Crippen molar-refractivity contribution in [2.45, 2.75) is 119 Å². The van der Waals surface area contributed by atoms with Crippen LogP contribution < -0.4 is 20.1 Å². The lowest BCUT2D eigenvalue weighted by Crippen LogP contribution is -2.54. The van der Waals surface area contributed by atoms with Crippen molar-refractivity contribution in [2.75, 3.05) is 138 Å². The molecule has 1 aliphatic rings. The SMILES string of the molecule is C/C=C\C.C=CCOC.CC.CC(=O)OCC1OC(Oc2ccc(COc3cc4ccccc4nc3C=O)cc2NC(=O)CCOCCOCCOCCOCCOCCOCCOCCOCCNC(=O)OC(C)(C)C)CC(OC(C)=O)C1OC(C)=O. The first-order valence-corrected chi connectivity index (χ1v) is 29.4. The third-order valence-corrected chi connectivity index (χ3v) is 11.0. The molecule has 2 heterocycles. The van der Waals surface area contributed by atoms with Crippen molar-refractivity contribution in [3.63, 3.8) is 0 Å². The van der Waals surface area contributed by atoms with E-state index < -0.39 is 60.1 Å². The van der Waals surface area contributed by atoms with Gasteiger partial charge in [0, 0.05) is 39.8 Å². The third kappa shape index (κ3) is 39.3. The average molecular weight is 1250 g/mol. The Labute approximate surface area is 518 Å². The van der Waals surface area contributed by atoms with Crippen LogP contribution >= 0.6 is 0 Å². The summed E-state index contributed by atoms with van der Waals surface area (Å²) in [7, 11) is 1.64. The molecule has 3 aromatic rings. The Morgan fingerprint density at radius 1 is 0.693 bits per heavy atom. The lowest BCUT2D eigenvalue weighted by molar-refractivity contribution is -0.245. The van der Waals surface area contributed by atoms with Crippen LogP contribution in [0.2, 0.25) is 0 Å². The predicted molar refractivity (Wildman–Crippen MR) is 327 cm³/mol. The van der Waals surface area contributed by atoms with Gasteiger partial charge >= 0.3 is 24.0 Å². The number of carbonyl (C=O) groups excluding carboxylic acids is 6. The van der Waals surface area contributed by atoms with Crippen LogP contribution in [0.15, 0.2) is 73.3 Å². The van der Waals surface area contributed by atoms with Crippen LogP contribution in [0, 0.1) is 0 Å². The van der Waals surface area contributed by atoms with Gasteiger partial charge in [-0.25, -0.2) is 9.78 Å². The van der Waals surface area contributed by atoms with Crippen molar-refractivity contribution in [1.82, 2.24) is 10.3 Å². The second-order valence-electron chi connectivity index (χ2n) is 19.3. The summed E-state index contributed by atoms with van der Waals surface area (Å²) in [5, 5.41) is 6.25. The number of hydrogen-bond donors (Lipinski definition) is 2. The van der Waals surface area contributed by atoms with Crippen LogP contribution in [-0.4, -0.2) is 204 Å². The molecule has 4 atom stereocenters. The number of pyridine rings is 1. The Bertz CT molecular complexity index is 2430. The molecule has 0 radical (unpaired) electrons. The number of aldehydes is 1. The Kier molecular flexibility index (Phi) is 45.3. The van der Waals surface area contributed by atoms with Gasteiger partial charge in [0.15, 0.2) is 12.4 Å². The average Bonchev–Trinajstić information content (AvgIpc) is 2.14. The summed E-state index contributed by atoms with van der Waals surface area (Å²) >= 11 is 0. The zero-order valence-electron chi connectivity index (χ0n) is 53.4. The number of hydrogen-bond acceptors (Lipinski definition) is 23. The number of carbonyl (C=O) groups is 6. The maximum Gasteiger partial charge on any atom is 0.407 e. The second kappa shape index (κ2) is 50.2. The van der Waals surface area contributed by atoms with Gasteiger partial charge in [-0.05, 0) is 64.4 Å². The summed E-state index contributed by atoms with van der Waals surface area (Å²) in [6.07, 6.45) is 1.32. The van der Waals surface area contributed by atoms with Gasteiger partial charge in [-0.2, -0.15) is 0 Å². The van der Waals surface area contributed by atoms with E-state index in [1.165, 1.54) is 20.8 Å². The molecule has 1 aliphatic heterocycles. The van der Waals surface area contributed by atoms with E-state index in [4.69, 9.17) is 71.1 Å². The molecule has 2 aromatic carbocycles. The molecule has 88 heavy (non-hydrogen) atoms. The maximum absolute atomic E-state index is 13.3. The summed E-state index contributed by atoms with van der Waals surface area (Å²) < 4.78 is 88.4. The first-order chi connectivity index (χ1) is 42.4. The molecule has 496 valence electrons. The number of alkyl carbamates (subject to hydrolysis) is 1. The van der Waals surface area contributed by atoms with Gasteiger partial charge in [-0.1, -0.05) is 56.3 Å². The fourth-order valence-corrected chi connectivity index (χ4v) is 7.13. The van der Waals surface area contributed by atoms with Crippen LogP contribution in [0.25, 0.3) is 10.9 Å². The van der Waals surface area contributed by atoms with Crippen molar-refractivity contribution in [3.8, 4) is 11.5 Å². The molecule has 1 aromatic heterocycles. The smallest absolute Gasteiger partial charge is 0.407 e. The number of aromatic nitrogens is 1. The van der Waals surface area contributed by atoms with Crippen LogP contribution in [0.3, 0.4) is 0 Å². The van der Waals surface area contributed by atoms with Gasteiger partial charge in [0.2, 0.25) is 12.2 Å². The van der Waals surface area contributed by atoms with Crippen LogP contribution in [0.5, 0.6) is 11.5 Å². The first kappa shape index (κ1) is 79.4. The first-order valence-electron chi connectivity index (χ1n) is 29.4. The Balaban J connectivity index is 0.00000324. The molecule has 4 rings (SSSR count). The van der Waals surface area contributed by atoms with Gasteiger partial charge in [0.1, 0.15) is 48.2 Å². The summed E-state index contributed by atoms with van der Waals surface area (Å²) in [5.41, 5.74) is 1.01. The van der Waals surface area contributed by atoms with E-state index in [0.29, 0.717) is 116 Å². The number of nitrogens with one attached hydrogen (secondary N) is 2. The number of para-hydroxylation sites is 1. The summed E-state index contributed by atoms with van der Waals surface area (Å²) in [6, 6.07) is 13.9. The molecule has 0 bridgehead atoms. The Hall–Kier alpha value is -6.65. The fourth-order valence-electron chi connectivity index (χ4n) is 7.13. The van der Waals surface area contributed by atoms with Gasteiger partial charge in [0.05, 0.1) is 136 Å². The van der Waals surface area contributed by atoms with E-state index in [0.717, 1.165) is 5.39 Å². The van der Waals surface area contributed by atoms with Crippen LogP contribution in [-0.2, 0) is 92.1 Å². The standard InChI is InChI=1S/C53H75N3O21.C4H8O.C4H8.C2H6/c1-37(58)71-36-48-51(74-39(3)60)47(73-38(2)59)33-50(76-48)75-45-12-11-40(35-72-46-32-41-9-7-8-10-42(41)55-44(46)34-57)31-43(45)56-49(61)13-15-63-17-19-65-21-23-67-25-27-69-29-30-70-28-26-68-24-22-66-20-18-64-16-14-54-52(62)77-53(4,5)6;1-3-4-5-2;1-3-4-2;1-2/h7-12,31-32,34,47-48,50-51H,13-30,33,35-36H2,1-6H3,(H,54,62)(H,56,61);3H,1,4H2,2H3;3-4H,1-2H3;1-2H3/b;;4-3-;. The Morgan fingerprint density at radius 2 is 1.23 bits per heavy atom. The highest BCUT2D eigenvalue weighted by atomic mass is 16.7. The molecule has 2 N–H and O–H groups in total. The zero-order valence-corrected chi connectivity index (χ0v) is 53.4. The highest BCUT2D eigenvalue weighted by Crippen LogP contribution is 2.33. The largest absolute Gasteiger partial charge is 0.486 e. The molecule has 0 aliphatic carbocycles. The molecular formula is C63H97N3O22. The minimum Gasteiger partial charge on any atom is -0.486 e. The molecule has 2 amide bonds. The molecule has 1 saturated heterocycles. The zero-order chi connectivity index (χ0) is 65.2. The van der Waals surface area contributed by atoms with Crippen LogP contribution in [0.4, 0.5) is 10.5 Å². The molecular weight excluding hydrogens is 1150 g/mol. The van der Waals surface area contributed by atoms with Crippen molar-refractivity contribution in [3.05, 3.63) is 84.6 Å². The van der Waals surface area contributed by atoms with Crippen LogP contribution in [0.1, 0.15) is 98.1 Å². The highest BCUT2D eigenvalue weighted by Gasteiger charge is 2.45. The molecule has 1 fully saturated rings. The minimum absolute atomic E-state index is 0.0261. The topological polar surface area (TPSA) is 287 Å². The van der Waals surface area contributed by atoms with Gasteiger partial charge in [-0.3, -0.25) is 24.0 Å². The lowest BCUT2D eigenvalue weighted by Gasteiger charge is -2.40. The number of rotatable bonds is 40. The fraction of sp³-hybridized carbons (Fsp3) is 0.603. The van der Waals surface area contributed by atoms with E-state index in [1.807, 2.05) is 58.0 Å². The normalized spacial score (nSPS) is 15.2. The number of nitrogens with zero attached hydrogens (tertiary/aromatic N) is 1. The quantitative estimate of drug-likeness (QED) is 0.0179. The molecule has 0 saturated carbocycles. The number of fused-ring (bicyclic) bond motifs is 1. The maximum atomic E-state index is 13.3. The van der Waals surface area contributed by atoms with Crippen molar-refractivity contribution in [2.24, 2.45) is 0 Å². The number of benzene rings is 2. The third-order valence-electron chi connectivity index (χ3n) is 11.0. The number of methoxy groups -OCH3 is 1. The van der Waals surface area contributed by atoms with E-state index in [9.17, 15) is 28.8 Å². The van der Waals surface area contributed by atoms with Gasteiger partial charge in [0.25, 0.3) is 0 Å². The number of anilines is 1. The molecule has 25 heteroatoms. The number of ether oxygens (including phenoxy) is 16. The Morgan fingerprint density at radius 3 is 1.70 bits per heavy atom. The van der Waals surface area contributed by atoms with Crippen molar-refractivity contribution >= 4 is 52.8 Å². The molecule has 25 nitrogen and oxygen atoms in total. The number of amides is 2. The molecule has 4 unspecified atom stereocenters. The van der Waals surface area contributed by atoms with E-state index in [1.54, 1.807) is 64.3 Å². The minimum atomic E-state index is -1.14. The highest BCUT2D eigenvalue weighted by molar-refractivity contribution is 5.92. The van der Waals surface area contributed by atoms with Crippen molar-refractivity contribution < 1.29 is 105 Å². The molecule has 0 spiro atoms. The van der Waals surface area contributed by atoms with E-state index in [2.05, 4.69) is 26.9 Å². The summed E-state index contributed by atoms with van der Waals surface area (Å²) in [5.74, 6) is -1.94. The summed E-state index contributed by atoms with van der Waals surface area (Å²) in [6.45, 7) is 26.8. The van der Waals surface area contributed by atoms with E-state index in [-0.39, 0.29) is 68.8 Å². The van der Waals surface area contributed by atoms with Crippen molar-refractivity contribution in [1.29, 1.82) is 0 Å². The lowest BCUT2D eigenvalue weighted by atomic mass is 10.0. The number of allylic oxidation sites excluding steroid dienone is 2. The second-order valence-corrected chi connectivity index (χ2v) is 19.3. The number of esters is 3. The van der Waals surface area contributed by atoms with Gasteiger partial charge in [-0.15, -0.1) is 6.58 Å². The van der Waals surface area contributed by atoms with Gasteiger partial charge < -0.3 is 86.4 Å². The van der Waals surface area contributed by atoms with E-state index >= 15 is 0 Å². The monoisotopic (exact) mass is 1250 g/mol. The summed E-state index contributed by atoms with van der Waals surface area (Å²) in [4.78, 5) is 77.2.